The number of anilines is 3. The molecule has 0 spiro atoms. The highest BCUT2D eigenvalue weighted by Crippen LogP contribution is 2.37. The quantitative estimate of drug-likeness (QED) is 0.846. The number of nitrogens with one attached hydrogen (secondary N) is 2. The third-order valence-electron chi connectivity index (χ3n) is 3.33. The zero-order valence-electron chi connectivity index (χ0n) is 12.0. The molecule has 122 valence electrons. The molecule has 1 aromatic heterocycles. The molecule has 9 heteroatoms. The van der Waals surface area contributed by atoms with E-state index in [9.17, 15) is 17.6 Å². The Bertz CT molecular complexity index is 748. The minimum atomic E-state index is -4.57. The number of alkyl halides is 3. The zero-order chi connectivity index (χ0) is 16.6. The number of nitrogens with zero attached hydrogens (tertiary/aromatic N) is 2. The van der Waals surface area contributed by atoms with E-state index in [1.165, 1.54) is 19.2 Å². The van der Waals surface area contributed by atoms with Gasteiger partial charge in [0.2, 0.25) is 5.95 Å². The molecule has 0 atom stereocenters. The summed E-state index contributed by atoms with van der Waals surface area (Å²) in [5.74, 6) is -0.479. The predicted octanol–water partition coefficient (Wildman–Crippen LogP) is 3.35. The van der Waals surface area contributed by atoms with Gasteiger partial charge in [0.05, 0.1) is 12.3 Å². The molecule has 0 unspecified atom stereocenters. The number of hydrogen-bond acceptors (Lipinski definition) is 5. The lowest BCUT2D eigenvalue weighted by Gasteiger charge is -2.14. The third kappa shape index (κ3) is 2.99. The van der Waals surface area contributed by atoms with Crippen LogP contribution in [0.25, 0.3) is 0 Å². The summed E-state index contributed by atoms with van der Waals surface area (Å²) in [7, 11) is 1.32. The summed E-state index contributed by atoms with van der Waals surface area (Å²) in [6, 6.07) is 2.55. The first-order valence-corrected chi connectivity index (χ1v) is 6.72. The molecule has 1 aromatic carbocycles. The summed E-state index contributed by atoms with van der Waals surface area (Å²) < 4.78 is 57.5. The maximum absolute atomic E-state index is 13.6. The Morgan fingerprint density at radius 3 is 2.74 bits per heavy atom. The lowest BCUT2D eigenvalue weighted by molar-refractivity contribution is -0.137. The monoisotopic (exact) mass is 328 g/mol. The number of rotatable bonds is 3. The van der Waals surface area contributed by atoms with Gasteiger partial charge in [0, 0.05) is 31.3 Å². The molecule has 0 bridgehead atoms. The molecule has 1 aliphatic rings. The van der Waals surface area contributed by atoms with Gasteiger partial charge in [0.1, 0.15) is 22.9 Å². The first kappa shape index (κ1) is 15.3. The Kier molecular flexibility index (Phi) is 3.70. The number of fused-ring (bicyclic) bond motifs is 1. The fourth-order valence-corrected chi connectivity index (χ4v) is 2.32. The van der Waals surface area contributed by atoms with Crippen LogP contribution in [0.4, 0.5) is 35.0 Å². The topological polar surface area (TPSA) is 59.1 Å². The molecular formula is C14H12F4N4O. The molecule has 3 rings (SSSR count). The molecule has 1 aliphatic heterocycles. The third-order valence-corrected chi connectivity index (χ3v) is 3.33. The first-order chi connectivity index (χ1) is 10.9. The first-order valence-electron chi connectivity index (χ1n) is 6.72. The molecule has 0 saturated heterocycles. The standard InChI is InChI=1S/C14H12F4N4O/c1-19-12-9(14(16,17)18)6-20-13(22-12)21-10-5-8(15)4-7-2-3-23-11(7)10/h4-6H,2-3H2,1H3,(H2,19,20,21,22). The summed E-state index contributed by atoms with van der Waals surface area (Å²) in [4.78, 5) is 7.42. The predicted molar refractivity (Wildman–Crippen MR) is 75.5 cm³/mol. The number of hydrogen-bond donors (Lipinski definition) is 2. The van der Waals surface area contributed by atoms with E-state index in [4.69, 9.17) is 4.74 Å². The Morgan fingerprint density at radius 1 is 1.26 bits per heavy atom. The largest absolute Gasteiger partial charge is 0.491 e. The van der Waals surface area contributed by atoms with Gasteiger partial charge < -0.3 is 15.4 Å². The Hall–Kier alpha value is -2.58. The van der Waals surface area contributed by atoms with Crippen molar-refractivity contribution in [1.29, 1.82) is 0 Å². The summed E-state index contributed by atoms with van der Waals surface area (Å²) in [6.07, 6.45) is -3.33. The van der Waals surface area contributed by atoms with Crippen molar-refractivity contribution < 1.29 is 22.3 Å². The van der Waals surface area contributed by atoms with E-state index >= 15 is 0 Å². The van der Waals surface area contributed by atoms with Gasteiger partial charge in [-0.3, -0.25) is 0 Å². The van der Waals surface area contributed by atoms with E-state index in [0.717, 1.165) is 0 Å². The number of aromatic nitrogens is 2. The van der Waals surface area contributed by atoms with Crippen LogP contribution >= 0.6 is 0 Å². The second-order valence-electron chi connectivity index (χ2n) is 4.87. The second kappa shape index (κ2) is 5.56. The molecular weight excluding hydrogens is 316 g/mol. The molecule has 2 aromatic rings. The van der Waals surface area contributed by atoms with Gasteiger partial charge in [-0.25, -0.2) is 9.37 Å². The van der Waals surface area contributed by atoms with Gasteiger partial charge in [0.15, 0.2) is 0 Å². The van der Waals surface area contributed by atoms with E-state index in [1.54, 1.807) is 0 Å². The van der Waals surface area contributed by atoms with Crippen molar-refractivity contribution in [3.63, 3.8) is 0 Å². The molecule has 0 fully saturated rings. The summed E-state index contributed by atoms with van der Waals surface area (Å²) >= 11 is 0. The van der Waals surface area contributed by atoms with Crippen LogP contribution in [0.2, 0.25) is 0 Å². The van der Waals surface area contributed by atoms with Crippen LogP contribution in [0.5, 0.6) is 5.75 Å². The van der Waals surface area contributed by atoms with Crippen LogP contribution < -0.4 is 15.4 Å². The minimum Gasteiger partial charge on any atom is -0.491 e. The van der Waals surface area contributed by atoms with E-state index in [1.807, 2.05) is 0 Å². The normalized spacial score (nSPS) is 13.4. The highest BCUT2D eigenvalue weighted by molar-refractivity contribution is 5.67. The highest BCUT2D eigenvalue weighted by atomic mass is 19.4. The maximum Gasteiger partial charge on any atom is 0.421 e. The van der Waals surface area contributed by atoms with Crippen molar-refractivity contribution in [3.8, 4) is 5.75 Å². The molecule has 23 heavy (non-hydrogen) atoms. The Balaban J connectivity index is 1.96. The van der Waals surface area contributed by atoms with Crippen molar-refractivity contribution in [1.82, 2.24) is 9.97 Å². The van der Waals surface area contributed by atoms with Crippen LogP contribution in [-0.4, -0.2) is 23.6 Å². The van der Waals surface area contributed by atoms with Crippen LogP contribution in [0.1, 0.15) is 11.1 Å². The van der Waals surface area contributed by atoms with Gasteiger partial charge in [-0.2, -0.15) is 18.2 Å². The van der Waals surface area contributed by atoms with E-state index in [0.29, 0.717) is 30.5 Å². The fourth-order valence-electron chi connectivity index (χ4n) is 2.32. The van der Waals surface area contributed by atoms with E-state index in [-0.39, 0.29) is 17.5 Å². The number of ether oxygens (including phenoxy) is 1. The fraction of sp³-hybridized carbons (Fsp3) is 0.286. The van der Waals surface area contributed by atoms with Crippen molar-refractivity contribution in [2.45, 2.75) is 12.6 Å². The average molecular weight is 328 g/mol. The summed E-state index contributed by atoms with van der Waals surface area (Å²) in [6.45, 7) is 0.420. The van der Waals surface area contributed by atoms with Crippen molar-refractivity contribution in [2.24, 2.45) is 0 Å². The Morgan fingerprint density at radius 2 is 2.04 bits per heavy atom. The average Bonchev–Trinajstić information content (AvgIpc) is 2.94. The molecule has 2 N–H and O–H groups in total. The highest BCUT2D eigenvalue weighted by Gasteiger charge is 2.35. The molecule has 0 aliphatic carbocycles. The molecule has 0 saturated carbocycles. The number of halogens is 4. The van der Waals surface area contributed by atoms with Crippen LogP contribution in [0.15, 0.2) is 18.3 Å². The minimum absolute atomic E-state index is 0.0920. The maximum atomic E-state index is 13.6. The van der Waals surface area contributed by atoms with Gasteiger partial charge in [-0.1, -0.05) is 0 Å². The lowest BCUT2D eigenvalue weighted by Crippen LogP contribution is -2.12. The van der Waals surface area contributed by atoms with Gasteiger partial charge in [0.25, 0.3) is 0 Å². The summed E-state index contributed by atoms with van der Waals surface area (Å²) in [5, 5.41) is 5.08. The van der Waals surface area contributed by atoms with Gasteiger partial charge >= 0.3 is 6.18 Å². The van der Waals surface area contributed by atoms with Crippen LogP contribution in [0.3, 0.4) is 0 Å². The molecule has 0 amide bonds. The second-order valence-corrected chi connectivity index (χ2v) is 4.87. The summed E-state index contributed by atoms with van der Waals surface area (Å²) in [5.41, 5.74) is -0.0150. The molecule has 5 nitrogen and oxygen atoms in total. The zero-order valence-corrected chi connectivity index (χ0v) is 12.0. The number of benzene rings is 1. The van der Waals surface area contributed by atoms with E-state index < -0.39 is 17.6 Å². The van der Waals surface area contributed by atoms with Crippen molar-refractivity contribution >= 4 is 17.5 Å². The van der Waals surface area contributed by atoms with Crippen LogP contribution in [0, 0.1) is 5.82 Å². The SMILES string of the molecule is CNc1nc(Nc2cc(F)cc3c2OCC3)ncc1C(F)(F)F. The Labute approximate surface area is 128 Å². The van der Waals surface area contributed by atoms with Crippen molar-refractivity contribution in [3.05, 3.63) is 35.3 Å². The smallest absolute Gasteiger partial charge is 0.421 e. The van der Waals surface area contributed by atoms with Crippen molar-refractivity contribution in [2.75, 3.05) is 24.3 Å². The van der Waals surface area contributed by atoms with Crippen LogP contribution in [-0.2, 0) is 12.6 Å². The van der Waals surface area contributed by atoms with Gasteiger partial charge in [-0.15, -0.1) is 0 Å². The van der Waals surface area contributed by atoms with E-state index in [2.05, 4.69) is 20.6 Å². The molecule has 2 heterocycles. The molecule has 0 radical (unpaired) electrons. The van der Waals surface area contributed by atoms with Gasteiger partial charge in [-0.05, 0) is 6.07 Å². The lowest BCUT2D eigenvalue weighted by atomic mass is 10.1.